The Hall–Kier alpha value is -0.830. The smallest absolute Gasteiger partial charge is 0.227 e. The lowest BCUT2D eigenvalue weighted by molar-refractivity contribution is -0.135. The first-order valence-corrected chi connectivity index (χ1v) is 5.83. The Morgan fingerprint density at radius 3 is 2.87 bits per heavy atom. The Labute approximate surface area is 92.3 Å². The van der Waals surface area contributed by atoms with Crippen molar-refractivity contribution in [1.82, 2.24) is 4.90 Å². The fraction of sp³-hybridized carbons (Fsp3) is 0.750. The quantitative estimate of drug-likeness (QED) is 0.715. The van der Waals surface area contributed by atoms with Crippen molar-refractivity contribution in [3.63, 3.8) is 0 Å². The Morgan fingerprint density at radius 2 is 2.40 bits per heavy atom. The molecule has 0 saturated carbocycles. The van der Waals surface area contributed by atoms with Gasteiger partial charge in [0.05, 0.1) is 5.92 Å². The van der Waals surface area contributed by atoms with Crippen LogP contribution in [0, 0.1) is 5.92 Å². The Morgan fingerprint density at radius 1 is 1.67 bits per heavy atom. The summed E-state index contributed by atoms with van der Waals surface area (Å²) < 4.78 is 0. The zero-order valence-electron chi connectivity index (χ0n) is 9.83. The minimum absolute atomic E-state index is 0.0295. The van der Waals surface area contributed by atoms with E-state index < -0.39 is 0 Å². The summed E-state index contributed by atoms with van der Waals surface area (Å²) in [6, 6.07) is 0. The van der Waals surface area contributed by atoms with Crippen LogP contribution >= 0.6 is 0 Å². The van der Waals surface area contributed by atoms with Gasteiger partial charge < -0.3 is 10.6 Å². The minimum atomic E-state index is 0.0295. The predicted molar refractivity (Wildman–Crippen MR) is 62.4 cm³/mol. The van der Waals surface area contributed by atoms with Crippen molar-refractivity contribution in [2.75, 3.05) is 19.6 Å². The van der Waals surface area contributed by atoms with Gasteiger partial charge in [0, 0.05) is 19.6 Å². The highest BCUT2D eigenvalue weighted by molar-refractivity contribution is 5.79. The maximum atomic E-state index is 12.0. The first-order chi connectivity index (χ1) is 7.19. The van der Waals surface area contributed by atoms with E-state index in [1.165, 1.54) is 5.57 Å². The van der Waals surface area contributed by atoms with Crippen molar-refractivity contribution in [3.05, 3.63) is 11.6 Å². The van der Waals surface area contributed by atoms with Gasteiger partial charge in [-0.1, -0.05) is 25.0 Å². The lowest BCUT2D eigenvalue weighted by atomic mass is 10.0. The van der Waals surface area contributed by atoms with Crippen LogP contribution < -0.4 is 5.73 Å². The first-order valence-electron chi connectivity index (χ1n) is 5.83. The third-order valence-electron chi connectivity index (χ3n) is 3.02. The molecule has 1 rings (SSSR count). The molecule has 0 spiro atoms. The molecule has 1 heterocycles. The average Bonchev–Trinajstić information content (AvgIpc) is 2.26. The molecule has 1 aliphatic rings. The van der Waals surface area contributed by atoms with E-state index in [2.05, 4.69) is 19.9 Å². The number of carbonyl (C=O) groups is 1. The number of amides is 1. The highest BCUT2D eigenvalue weighted by Crippen LogP contribution is 2.15. The molecule has 2 N–H and O–H groups in total. The van der Waals surface area contributed by atoms with Gasteiger partial charge in [-0.3, -0.25) is 4.79 Å². The summed E-state index contributed by atoms with van der Waals surface area (Å²) in [5, 5.41) is 0. The molecule has 0 aliphatic carbocycles. The third-order valence-corrected chi connectivity index (χ3v) is 3.02. The monoisotopic (exact) mass is 210 g/mol. The van der Waals surface area contributed by atoms with Gasteiger partial charge >= 0.3 is 0 Å². The molecule has 0 aromatic heterocycles. The molecule has 0 aromatic carbocycles. The van der Waals surface area contributed by atoms with Crippen molar-refractivity contribution in [2.24, 2.45) is 11.7 Å². The second kappa shape index (κ2) is 5.91. The summed E-state index contributed by atoms with van der Waals surface area (Å²) in [4.78, 5) is 14.0. The molecule has 1 unspecified atom stereocenters. The van der Waals surface area contributed by atoms with Crippen LogP contribution in [0.1, 0.15) is 33.1 Å². The molecular formula is C12H22N2O. The first kappa shape index (κ1) is 12.2. The lowest BCUT2D eigenvalue weighted by Crippen LogP contribution is -2.41. The van der Waals surface area contributed by atoms with E-state index in [1.807, 2.05) is 4.90 Å². The number of rotatable bonds is 4. The number of nitrogens with zero attached hydrogens (tertiary/aromatic N) is 1. The number of hydrogen-bond acceptors (Lipinski definition) is 2. The summed E-state index contributed by atoms with van der Waals surface area (Å²) in [5.41, 5.74) is 7.02. The summed E-state index contributed by atoms with van der Waals surface area (Å²) in [6.45, 7) is 6.32. The molecular weight excluding hydrogens is 188 g/mol. The third kappa shape index (κ3) is 3.34. The van der Waals surface area contributed by atoms with Crippen molar-refractivity contribution in [2.45, 2.75) is 33.1 Å². The van der Waals surface area contributed by atoms with Crippen LogP contribution in [0.4, 0.5) is 0 Å². The highest BCUT2D eigenvalue weighted by Gasteiger charge is 2.22. The van der Waals surface area contributed by atoms with Crippen LogP contribution in [0.2, 0.25) is 0 Å². The standard InChI is InChI=1S/C12H22N2O/c1-3-4-11(9-13)12(15)14-7-5-10(2)6-8-14/h5,11H,3-4,6-9,13H2,1-2H3. The molecule has 0 bridgehead atoms. The van der Waals surface area contributed by atoms with Crippen LogP contribution in [-0.4, -0.2) is 30.4 Å². The van der Waals surface area contributed by atoms with Gasteiger partial charge in [0.15, 0.2) is 0 Å². The predicted octanol–water partition coefficient (Wildman–Crippen LogP) is 1.54. The lowest BCUT2D eigenvalue weighted by Gasteiger charge is -2.28. The number of hydrogen-bond donors (Lipinski definition) is 1. The second-order valence-corrected chi connectivity index (χ2v) is 4.31. The topological polar surface area (TPSA) is 46.3 Å². The van der Waals surface area contributed by atoms with Crippen LogP contribution in [-0.2, 0) is 4.79 Å². The van der Waals surface area contributed by atoms with Gasteiger partial charge in [-0.05, 0) is 19.8 Å². The van der Waals surface area contributed by atoms with Gasteiger partial charge in [-0.25, -0.2) is 0 Å². The molecule has 86 valence electrons. The van der Waals surface area contributed by atoms with Crippen LogP contribution in [0.15, 0.2) is 11.6 Å². The zero-order chi connectivity index (χ0) is 11.3. The van der Waals surface area contributed by atoms with E-state index >= 15 is 0 Å². The van der Waals surface area contributed by atoms with Gasteiger partial charge in [-0.2, -0.15) is 0 Å². The molecule has 1 atom stereocenters. The van der Waals surface area contributed by atoms with Gasteiger partial charge in [0.25, 0.3) is 0 Å². The molecule has 0 radical (unpaired) electrons. The summed E-state index contributed by atoms with van der Waals surface area (Å²) in [5.74, 6) is 0.268. The summed E-state index contributed by atoms with van der Waals surface area (Å²) in [7, 11) is 0. The largest absolute Gasteiger partial charge is 0.338 e. The summed E-state index contributed by atoms with van der Waals surface area (Å²) in [6.07, 6.45) is 5.08. The van der Waals surface area contributed by atoms with Gasteiger partial charge in [0.2, 0.25) is 5.91 Å². The van der Waals surface area contributed by atoms with Crippen LogP contribution in [0.3, 0.4) is 0 Å². The number of nitrogens with two attached hydrogens (primary N) is 1. The summed E-state index contributed by atoms with van der Waals surface area (Å²) >= 11 is 0. The zero-order valence-corrected chi connectivity index (χ0v) is 9.83. The van der Waals surface area contributed by atoms with E-state index in [-0.39, 0.29) is 11.8 Å². The molecule has 1 aliphatic heterocycles. The second-order valence-electron chi connectivity index (χ2n) is 4.31. The molecule has 3 nitrogen and oxygen atoms in total. The van der Waals surface area contributed by atoms with E-state index in [1.54, 1.807) is 0 Å². The van der Waals surface area contributed by atoms with Crippen LogP contribution in [0.25, 0.3) is 0 Å². The Bertz CT molecular complexity index is 248. The van der Waals surface area contributed by atoms with E-state index in [4.69, 9.17) is 5.73 Å². The molecule has 15 heavy (non-hydrogen) atoms. The van der Waals surface area contributed by atoms with Crippen molar-refractivity contribution < 1.29 is 4.79 Å². The fourth-order valence-electron chi connectivity index (χ4n) is 1.92. The molecule has 0 fully saturated rings. The number of carbonyl (C=O) groups excluding carboxylic acids is 1. The van der Waals surface area contributed by atoms with E-state index in [0.29, 0.717) is 6.54 Å². The van der Waals surface area contributed by atoms with Crippen LogP contribution in [0.5, 0.6) is 0 Å². The Kier molecular flexibility index (Phi) is 4.82. The fourth-order valence-corrected chi connectivity index (χ4v) is 1.92. The maximum absolute atomic E-state index is 12.0. The van der Waals surface area contributed by atoms with Crippen molar-refractivity contribution in [1.29, 1.82) is 0 Å². The normalized spacial score (nSPS) is 18.6. The average molecular weight is 210 g/mol. The van der Waals surface area contributed by atoms with Gasteiger partial charge in [0.1, 0.15) is 0 Å². The van der Waals surface area contributed by atoms with Gasteiger partial charge in [-0.15, -0.1) is 0 Å². The van der Waals surface area contributed by atoms with E-state index in [9.17, 15) is 4.79 Å². The highest BCUT2D eigenvalue weighted by atomic mass is 16.2. The SMILES string of the molecule is CCCC(CN)C(=O)N1CC=C(C)CC1. The molecule has 3 heteroatoms. The van der Waals surface area contributed by atoms with Crippen molar-refractivity contribution >= 4 is 5.91 Å². The molecule has 0 aromatic rings. The molecule has 1 amide bonds. The molecule has 0 saturated heterocycles. The minimum Gasteiger partial charge on any atom is -0.338 e. The van der Waals surface area contributed by atoms with Crippen molar-refractivity contribution in [3.8, 4) is 0 Å². The Balaban J connectivity index is 2.52. The maximum Gasteiger partial charge on any atom is 0.227 e. The van der Waals surface area contributed by atoms with E-state index in [0.717, 1.165) is 32.4 Å².